The summed E-state index contributed by atoms with van der Waals surface area (Å²) in [4.78, 5) is 4.53. The van der Waals surface area contributed by atoms with Crippen molar-refractivity contribution in [3.05, 3.63) is 45.5 Å². The van der Waals surface area contributed by atoms with Crippen molar-refractivity contribution in [2.24, 2.45) is 12.1 Å². The van der Waals surface area contributed by atoms with Crippen LogP contribution in [0.4, 0.5) is 5.95 Å². The number of methoxy groups -OCH3 is 1. The van der Waals surface area contributed by atoms with Crippen LogP contribution < -0.4 is 14.9 Å². The number of imidazole rings is 1. The van der Waals surface area contributed by atoms with Crippen molar-refractivity contribution in [1.82, 2.24) is 9.55 Å². The monoisotopic (exact) mass is 450 g/mol. The van der Waals surface area contributed by atoms with Gasteiger partial charge in [0.2, 0.25) is 5.95 Å². The van der Waals surface area contributed by atoms with Crippen molar-refractivity contribution in [1.29, 1.82) is 0 Å². The molecule has 1 aromatic heterocycles. The SMILES string of the molecule is CCOc1c(I)cc(/C=N\Nc2nc3ccccc3n2C)cc1OC. The molecule has 0 aliphatic carbocycles. The highest BCUT2D eigenvalue weighted by Gasteiger charge is 2.10. The van der Waals surface area contributed by atoms with Crippen LogP contribution in [0.3, 0.4) is 0 Å². The molecule has 0 saturated heterocycles. The number of nitrogens with zero attached hydrogens (tertiary/aromatic N) is 3. The van der Waals surface area contributed by atoms with Gasteiger partial charge in [0.1, 0.15) is 0 Å². The standard InChI is InChI=1S/C18H19IN4O2/c1-4-25-17-13(19)9-12(10-16(17)24-3)11-20-22-18-21-14-7-5-6-8-15(14)23(18)2/h5-11H,4H2,1-3H3,(H,21,22)/b20-11-. The van der Waals surface area contributed by atoms with Crippen molar-refractivity contribution in [3.8, 4) is 11.5 Å². The lowest BCUT2D eigenvalue weighted by Gasteiger charge is -2.12. The number of benzene rings is 2. The fourth-order valence-corrected chi connectivity index (χ4v) is 3.29. The lowest BCUT2D eigenvalue weighted by Crippen LogP contribution is -2.01. The van der Waals surface area contributed by atoms with Crippen LogP contribution in [0.15, 0.2) is 41.5 Å². The third-order valence-electron chi connectivity index (χ3n) is 3.71. The molecule has 1 N–H and O–H groups in total. The molecule has 6 nitrogen and oxygen atoms in total. The molecule has 2 aromatic carbocycles. The fourth-order valence-electron chi connectivity index (χ4n) is 2.51. The average molecular weight is 450 g/mol. The minimum atomic E-state index is 0.591. The first kappa shape index (κ1) is 17.5. The van der Waals surface area contributed by atoms with E-state index in [9.17, 15) is 0 Å². The van der Waals surface area contributed by atoms with Gasteiger partial charge in [-0.3, -0.25) is 0 Å². The van der Waals surface area contributed by atoms with Gasteiger partial charge in [0, 0.05) is 7.05 Å². The molecule has 3 rings (SSSR count). The van der Waals surface area contributed by atoms with Crippen LogP contribution in [-0.2, 0) is 7.05 Å². The highest BCUT2D eigenvalue weighted by Crippen LogP contribution is 2.33. The molecule has 3 aromatic rings. The molecule has 1 heterocycles. The second-order valence-corrected chi connectivity index (χ2v) is 6.48. The summed E-state index contributed by atoms with van der Waals surface area (Å²) in [5.41, 5.74) is 5.89. The molecular formula is C18H19IN4O2. The first-order chi connectivity index (χ1) is 12.1. The molecule has 0 aliphatic rings. The minimum Gasteiger partial charge on any atom is -0.493 e. The van der Waals surface area contributed by atoms with E-state index in [0.29, 0.717) is 18.3 Å². The predicted octanol–water partition coefficient (Wildman–Crippen LogP) is 4.03. The Morgan fingerprint density at radius 2 is 2.12 bits per heavy atom. The average Bonchev–Trinajstić information content (AvgIpc) is 2.93. The number of para-hydroxylation sites is 2. The van der Waals surface area contributed by atoms with E-state index in [1.807, 2.05) is 54.9 Å². The Morgan fingerprint density at radius 1 is 1.32 bits per heavy atom. The quantitative estimate of drug-likeness (QED) is 0.350. The van der Waals surface area contributed by atoms with Crippen LogP contribution in [0.1, 0.15) is 12.5 Å². The number of hydrogen-bond donors (Lipinski definition) is 1. The normalized spacial score (nSPS) is 11.2. The summed E-state index contributed by atoms with van der Waals surface area (Å²) < 4.78 is 14.0. The topological polar surface area (TPSA) is 60.7 Å². The molecule has 0 unspecified atom stereocenters. The highest BCUT2D eigenvalue weighted by molar-refractivity contribution is 14.1. The number of fused-ring (bicyclic) bond motifs is 1. The van der Waals surface area contributed by atoms with Crippen molar-refractivity contribution < 1.29 is 9.47 Å². The maximum Gasteiger partial charge on any atom is 0.224 e. The summed E-state index contributed by atoms with van der Waals surface area (Å²) in [7, 11) is 3.59. The highest BCUT2D eigenvalue weighted by atomic mass is 127. The summed E-state index contributed by atoms with van der Waals surface area (Å²) in [5, 5.41) is 4.30. The molecule has 130 valence electrons. The van der Waals surface area contributed by atoms with E-state index in [4.69, 9.17) is 9.47 Å². The number of aromatic nitrogens is 2. The van der Waals surface area contributed by atoms with Crippen molar-refractivity contribution in [2.75, 3.05) is 19.1 Å². The van der Waals surface area contributed by atoms with Gasteiger partial charge in [-0.25, -0.2) is 10.4 Å². The van der Waals surface area contributed by atoms with Gasteiger partial charge in [0.15, 0.2) is 11.5 Å². The Morgan fingerprint density at radius 3 is 2.84 bits per heavy atom. The summed E-state index contributed by atoms with van der Waals surface area (Å²) in [6.45, 7) is 2.54. The van der Waals surface area contributed by atoms with E-state index in [1.165, 1.54) is 0 Å². The van der Waals surface area contributed by atoms with Crippen LogP contribution in [0.25, 0.3) is 11.0 Å². The zero-order valence-electron chi connectivity index (χ0n) is 14.3. The number of halogens is 1. The molecule has 0 amide bonds. The number of anilines is 1. The van der Waals surface area contributed by atoms with E-state index in [0.717, 1.165) is 25.9 Å². The molecular weight excluding hydrogens is 431 g/mol. The maximum absolute atomic E-state index is 5.63. The Balaban J connectivity index is 1.82. The molecule has 0 saturated carbocycles. The minimum absolute atomic E-state index is 0.591. The van der Waals surface area contributed by atoms with Crippen LogP contribution in [0, 0.1) is 3.57 Å². The van der Waals surface area contributed by atoms with Gasteiger partial charge >= 0.3 is 0 Å². The number of rotatable bonds is 6. The van der Waals surface area contributed by atoms with Gasteiger partial charge in [-0.05, 0) is 59.3 Å². The van der Waals surface area contributed by atoms with E-state index in [1.54, 1.807) is 13.3 Å². The van der Waals surface area contributed by atoms with Crippen LogP contribution in [0.2, 0.25) is 0 Å². The number of nitrogens with one attached hydrogen (secondary N) is 1. The van der Waals surface area contributed by atoms with Gasteiger partial charge < -0.3 is 14.0 Å². The van der Waals surface area contributed by atoms with E-state index < -0.39 is 0 Å². The Bertz CT molecular complexity index is 921. The van der Waals surface area contributed by atoms with Crippen LogP contribution in [0.5, 0.6) is 11.5 Å². The first-order valence-electron chi connectivity index (χ1n) is 7.85. The molecule has 0 atom stereocenters. The number of ether oxygens (including phenoxy) is 2. The number of aryl methyl sites for hydroxylation is 1. The van der Waals surface area contributed by atoms with Gasteiger partial charge in [0.25, 0.3) is 0 Å². The van der Waals surface area contributed by atoms with E-state index in [-0.39, 0.29) is 0 Å². The second-order valence-electron chi connectivity index (χ2n) is 5.32. The molecule has 0 bridgehead atoms. The smallest absolute Gasteiger partial charge is 0.224 e. The third-order valence-corrected chi connectivity index (χ3v) is 4.51. The summed E-state index contributed by atoms with van der Waals surface area (Å²) in [5.74, 6) is 2.13. The van der Waals surface area contributed by atoms with Gasteiger partial charge in [-0.1, -0.05) is 12.1 Å². The van der Waals surface area contributed by atoms with Crippen LogP contribution in [-0.4, -0.2) is 29.5 Å². The van der Waals surface area contributed by atoms with E-state index in [2.05, 4.69) is 38.1 Å². The largest absolute Gasteiger partial charge is 0.493 e. The zero-order chi connectivity index (χ0) is 17.8. The zero-order valence-corrected chi connectivity index (χ0v) is 16.4. The fraction of sp³-hybridized carbons (Fsp3) is 0.222. The molecule has 0 spiro atoms. The maximum atomic E-state index is 5.63. The summed E-state index contributed by atoms with van der Waals surface area (Å²) >= 11 is 2.23. The first-order valence-corrected chi connectivity index (χ1v) is 8.92. The molecule has 25 heavy (non-hydrogen) atoms. The number of hydrazone groups is 1. The molecule has 7 heteroatoms. The lowest BCUT2D eigenvalue weighted by molar-refractivity contribution is 0.308. The summed E-state index contributed by atoms with van der Waals surface area (Å²) in [6.07, 6.45) is 1.74. The Hall–Kier alpha value is -2.29. The van der Waals surface area contributed by atoms with Gasteiger partial charge in [-0.2, -0.15) is 5.10 Å². The molecule has 0 fully saturated rings. The predicted molar refractivity (Wildman–Crippen MR) is 109 cm³/mol. The molecule has 0 radical (unpaired) electrons. The van der Waals surface area contributed by atoms with Crippen molar-refractivity contribution in [3.63, 3.8) is 0 Å². The van der Waals surface area contributed by atoms with Crippen molar-refractivity contribution in [2.45, 2.75) is 6.92 Å². The number of hydrogen-bond acceptors (Lipinski definition) is 5. The molecule has 0 aliphatic heterocycles. The van der Waals surface area contributed by atoms with E-state index >= 15 is 0 Å². The lowest BCUT2D eigenvalue weighted by atomic mass is 10.2. The Kier molecular flexibility index (Phi) is 5.42. The third kappa shape index (κ3) is 3.71. The van der Waals surface area contributed by atoms with Crippen LogP contribution >= 0.6 is 22.6 Å². The van der Waals surface area contributed by atoms with Gasteiger partial charge in [-0.15, -0.1) is 0 Å². The second kappa shape index (κ2) is 7.73. The summed E-state index contributed by atoms with van der Waals surface area (Å²) in [6, 6.07) is 11.9. The van der Waals surface area contributed by atoms with Crippen molar-refractivity contribution >= 4 is 45.8 Å². The van der Waals surface area contributed by atoms with Gasteiger partial charge in [0.05, 0.1) is 34.5 Å². The Labute approximate surface area is 160 Å².